The molecule has 1 rings (SSSR count). The summed E-state index contributed by atoms with van der Waals surface area (Å²) in [6, 6.07) is 0. The van der Waals surface area contributed by atoms with Crippen LogP contribution in [-0.4, -0.2) is 24.4 Å². The molecule has 1 aliphatic rings. The van der Waals surface area contributed by atoms with Crippen LogP contribution in [0.15, 0.2) is 0 Å². The topological polar surface area (TPSA) is 18.5 Å². The molecule has 0 radical (unpaired) electrons. The van der Waals surface area contributed by atoms with Crippen molar-refractivity contribution in [1.82, 2.24) is 0 Å². The Morgan fingerprint density at radius 2 is 1.23 bits per heavy atom. The Bertz CT molecular complexity index is 127. The lowest BCUT2D eigenvalue weighted by molar-refractivity contribution is -0.0942. The van der Waals surface area contributed by atoms with E-state index in [2.05, 4.69) is 27.7 Å². The van der Waals surface area contributed by atoms with Crippen molar-refractivity contribution in [2.75, 3.05) is 0 Å². The van der Waals surface area contributed by atoms with E-state index >= 15 is 0 Å². The Morgan fingerprint density at radius 3 is 1.54 bits per heavy atom. The number of rotatable bonds is 4. The maximum atomic E-state index is 5.80. The van der Waals surface area contributed by atoms with Gasteiger partial charge in [-0.1, -0.05) is 0 Å². The molecule has 78 valence electrons. The Balaban J connectivity index is 2.35. The third-order valence-corrected chi connectivity index (χ3v) is 2.29. The van der Waals surface area contributed by atoms with Gasteiger partial charge in [-0.3, -0.25) is 0 Å². The summed E-state index contributed by atoms with van der Waals surface area (Å²) < 4.78 is 11.6. The van der Waals surface area contributed by atoms with E-state index in [0.717, 1.165) is 12.8 Å². The van der Waals surface area contributed by atoms with Gasteiger partial charge in [0.15, 0.2) is 0 Å². The molecule has 2 nitrogen and oxygen atoms in total. The van der Waals surface area contributed by atoms with Gasteiger partial charge in [0, 0.05) is 0 Å². The van der Waals surface area contributed by atoms with Gasteiger partial charge in [0.05, 0.1) is 24.4 Å². The first-order chi connectivity index (χ1) is 6.09. The molecule has 1 fully saturated rings. The van der Waals surface area contributed by atoms with Gasteiger partial charge in [-0.25, -0.2) is 0 Å². The van der Waals surface area contributed by atoms with Crippen molar-refractivity contribution in [3.05, 3.63) is 0 Å². The zero-order valence-corrected chi connectivity index (χ0v) is 9.25. The van der Waals surface area contributed by atoms with Gasteiger partial charge < -0.3 is 9.47 Å². The largest absolute Gasteiger partial charge is 0.373 e. The molecule has 1 saturated carbocycles. The second-order valence-electron chi connectivity index (χ2n) is 4.38. The van der Waals surface area contributed by atoms with Crippen molar-refractivity contribution in [2.45, 2.75) is 71.4 Å². The summed E-state index contributed by atoms with van der Waals surface area (Å²) in [4.78, 5) is 0. The molecule has 0 bridgehead atoms. The molecule has 0 aromatic heterocycles. The number of hydrogen-bond acceptors (Lipinski definition) is 2. The number of ether oxygens (including phenoxy) is 2. The molecule has 0 saturated heterocycles. The average Bonchev–Trinajstić information content (AvgIpc) is 2.34. The highest BCUT2D eigenvalue weighted by atomic mass is 16.6. The SMILES string of the molecule is CC(C)OC1CCC[C@@H]1OC(C)C. The quantitative estimate of drug-likeness (QED) is 0.672. The molecule has 0 amide bonds. The van der Waals surface area contributed by atoms with Crippen LogP contribution in [0.2, 0.25) is 0 Å². The minimum absolute atomic E-state index is 0.321. The van der Waals surface area contributed by atoms with Crippen LogP contribution in [0.4, 0.5) is 0 Å². The van der Waals surface area contributed by atoms with E-state index in [0.29, 0.717) is 24.4 Å². The van der Waals surface area contributed by atoms with Gasteiger partial charge in [-0.15, -0.1) is 0 Å². The van der Waals surface area contributed by atoms with E-state index in [4.69, 9.17) is 9.47 Å². The molecule has 1 unspecified atom stereocenters. The van der Waals surface area contributed by atoms with Crippen LogP contribution in [0.5, 0.6) is 0 Å². The molecule has 0 aliphatic heterocycles. The maximum absolute atomic E-state index is 5.80. The van der Waals surface area contributed by atoms with Gasteiger partial charge in [0.2, 0.25) is 0 Å². The minimum Gasteiger partial charge on any atom is -0.373 e. The van der Waals surface area contributed by atoms with Gasteiger partial charge in [0.1, 0.15) is 0 Å². The molecule has 2 atom stereocenters. The monoisotopic (exact) mass is 186 g/mol. The van der Waals surface area contributed by atoms with Crippen molar-refractivity contribution in [3.63, 3.8) is 0 Å². The van der Waals surface area contributed by atoms with Crippen LogP contribution in [0, 0.1) is 0 Å². The van der Waals surface area contributed by atoms with Crippen LogP contribution in [-0.2, 0) is 9.47 Å². The van der Waals surface area contributed by atoms with Crippen LogP contribution in [0.3, 0.4) is 0 Å². The lowest BCUT2D eigenvalue weighted by Gasteiger charge is -2.24. The van der Waals surface area contributed by atoms with Gasteiger partial charge in [-0.2, -0.15) is 0 Å². The third-order valence-electron chi connectivity index (χ3n) is 2.29. The molecule has 0 spiro atoms. The molecular formula is C11H22O2. The highest BCUT2D eigenvalue weighted by molar-refractivity contribution is 4.79. The summed E-state index contributed by atoms with van der Waals surface area (Å²) in [6.45, 7) is 8.35. The van der Waals surface area contributed by atoms with Gasteiger partial charge >= 0.3 is 0 Å². The minimum atomic E-state index is 0.321. The van der Waals surface area contributed by atoms with Crippen molar-refractivity contribution >= 4 is 0 Å². The molecule has 0 N–H and O–H groups in total. The molecule has 0 heterocycles. The zero-order chi connectivity index (χ0) is 9.84. The highest BCUT2D eigenvalue weighted by Gasteiger charge is 2.29. The van der Waals surface area contributed by atoms with E-state index in [1.165, 1.54) is 6.42 Å². The van der Waals surface area contributed by atoms with E-state index in [1.54, 1.807) is 0 Å². The summed E-state index contributed by atoms with van der Waals surface area (Å²) in [5, 5.41) is 0. The highest BCUT2D eigenvalue weighted by Crippen LogP contribution is 2.26. The molecule has 0 aromatic carbocycles. The van der Waals surface area contributed by atoms with Crippen molar-refractivity contribution in [1.29, 1.82) is 0 Å². The average molecular weight is 186 g/mol. The fourth-order valence-electron chi connectivity index (χ4n) is 1.90. The van der Waals surface area contributed by atoms with Crippen LogP contribution >= 0.6 is 0 Å². The van der Waals surface area contributed by atoms with Crippen LogP contribution < -0.4 is 0 Å². The zero-order valence-electron chi connectivity index (χ0n) is 9.25. The first-order valence-corrected chi connectivity index (χ1v) is 5.40. The first-order valence-electron chi connectivity index (χ1n) is 5.40. The fourth-order valence-corrected chi connectivity index (χ4v) is 1.90. The fraction of sp³-hybridized carbons (Fsp3) is 1.00. The Labute approximate surface area is 81.6 Å². The predicted octanol–water partition coefficient (Wildman–Crippen LogP) is 2.76. The molecule has 13 heavy (non-hydrogen) atoms. The lowest BCUT2D eigenvalue weighted by Crippen LogP contribution is -2.30. The van der Waals surface area contributed by atoms with Crippen LogP contribution in [0.25, 0.3) is 0 Å². The smallest absolute Gasteiger partial charge is 0.0840 e. The van der Waals surface area contributed by atoms with Gasteiger partial charge in [-0.05, 0) is 47.0 Å². The van der Waals surface area contributed by atoms with E-state index < -0.39 is 0 Å². The van der Waals surface area contributed by atoms with Crippen molar-refractivity contribution in [2.24, 2.45) is 0 Å². The Kier molecular flexibility index (Phi) is 4.20. The Hall–Kier alpha value is -0.0800. The molecule has 1 aliphatic carbocycles. The predicted molar refractivity (Wildman–Crippen MR) is 53.9 cm³/mol. The molecule has 2 heteroatoms. The molecule has 0 aromatic rings. The van der Waals surface area contributed by atoms with Crippen molar-refractivity contribution in [3.8, 4) is 0 Å². The summed E-state index contributed by atoms with van der Waals surface area (Å²) in [6.07, 6.45) is 4.88. The summed E-state index contributed by atoms with van der Waals surface area (Å²) in [5.74, 6) is 0. The second-order valence-corrected chi connectivity index (χ2v) is 4.38. The summed E-state index contributed by atoms with van der Waals surface area (Å²) in [7, 11) is 0. The normalized spacial score (nSPS) is 29.1. The number of hydrogen-bond donors (Lipinski definition) is 0. The van der Waals surface area contributed by atoms with Crippen molar-refractivity contribution < 1.29 is 9.47 Å². The standard InChI is InChI=1S/C11H22O2/c1-8(2)12-10-6-5-7-11(10)13-9(3)4/h8-11H,5-7H2,1-4H3/t10-,11?/m0/s1. The third kappa shape index (κ3) is 3.65. The second kappa shape index (κ2) is 4.97. The summed E-state index contributed by atoms with van der Waals surface area (Å²) >= 11 is 0. The maximum Gasteiger partial charge on any atom is 0.0840 e. The van der Waals surface area contributed by atoms with E-state index in [-0.39, 0.29) is 0 Å². The lowest BCUT2D eigenvalue weighted by atomic mass is 10.2. The van der Waals surface area contributed by atoms with E-state index in [1.807, 2.05) is 0 Å². The van der Waals surface area contributed by atoms with Gasteiger partial charge in [0.25, 0.3) is 0 Å². The van der Waals surface area contributed by atoms with Crippen LogP contribution in [0.1, 0.15) is 47.0 Å². The van der Waals surface area contributed by atoms with E-state index in [9.17, 15) is 0 Å². The summed E-state index contributed by atoms with van der Waals surface area (Å²) in [5.41, 5.74) is 0. The first kappa shape index (κ1) is 11.0. The Morgan fingerprint density at radius 1 is 0.846 bits per heavy atom. The molecular weight excluding hydrogens is 164 g/mol.